The molecule has 1 aromatic carbocycles. The van der Waals surface area contributed by atoms with Crippen molar-refractivity contribution in [2.45, 2.75) is 57.8 Å². The Morgan fingerprint density at radius 1 is 1.17 bits per heavy atom. The number of anilines is 2. The van der Waals surface area contributed by atoms with Gasteiger partial charge in [0.2, 0.25) is 5.95 Å². The van der Waals surface area contributed by atoms with Crippen LogP contribution in [-0.2, 0) is 16.1 Å². The summed E-state index contributed by atoms with van der Waals surface area (Å²) in [5, 5.41) is 16.7. The molecule has 0 aliphatic heterocycles. The lowest BCUT2D eigenvalue weighted by atomic mass is 9.74. The van der Waals surface area contributed by atoms with Crippen molar-refractivity contribution in [3.05, 3.63) is 71.7 Å². The molecule has 1 aliphatic carbocycles. The predicted molar refractivity (Wildman–Crippen MR) is 150 cm³/mol. The molecule has 5 rings (SSSR count). The van der Waals surface area contributed by atoms with Crippen LogP contribution in [0.15, 0.2) is 48.9 Å². The minimum Gasteiger partial charge on any atom is -0.377 e. The Balaban J connectivity index is 1.40. The van der Waals surface area contributed by atoms with Gasteiger partial charge in [0.1, 0.15) is 11.6 Å². The van der Waals surface area contributed by atoms with Crippen LogP contribution < -0.4 is 11.1 Å². The van der Waals surface area contributed by atoms with Crippen LogP contribution in [0, 0.1) is 28.9 Å². The second-order valence-electron chi connectivity index (χ2n) is 10.3. The van der Waals surface area contributed by atoms with Crippen molar-refractivity contribution < 1.29 is 18.3 Å². The number of nitrogens with zero attached hydrogens (tertiary/aromatic N) is 5. The standard InChI is InChI=1S/C30H33F2N7O2/c1-3-40-17-19-12-23(31)28(24(32)13-19)26-6-5-21-15-36-30(39(21)38-26)37-27-16-35-9-7-22(27)20-11-18(2)29(25(34)14-20)41-10-4-8-33/h5-7,9,12-13,15-16,18,20,25,29H,3-4,10-11,14,17,34H2,1-2H3,(H,36,37). The Bertz CT molecular complexity index is 1520. The summed E-state index contributed by atoms with van der Waals surface area (Å²) in [6.07, 6.45) is 6.90. The van der Waals surface area contributed by atoms with E-state index >= 15 is 8.78 Å². The fraction of sp³-hybridized carbons (Fsp3) is 0.400. The molecule has 0 radical (unpaired) electrons. The lowest BCUT2D eigenvalue weighted by Gasteiger charge is -2.39. The minimum absolute atomic E-state index is 0.106. The molecular formula is C30H33F2N7O2. The van der Waals surface area contributed by atoms with Gasteiger partial charge in [-0.3, -0.25) is 4.98 Å². The van der Waals surface area contributed by atoms with Crippen LogP contribution >= 0.6 is 0 Å². The molecule has 41 heavy (non-hydrogen) atoms. The van der Waals surface area contributed by atoms with Crippen molar-refractivity contribution in [3.63, 3.8) is 0 Å². The molecule has 0 spiro atoms. The van der Waals surface area contributed by atoms with Gasteiger partial charge >= 0.3 is 0 Å². The molecule has 1 fully saturated rings. The van der Waals surface area contributed by atoms with Crippen LogP contribution in [0.1, 0.15) is 50.2 Å². The maximum absolute atomic E-state index is 15.0. The van der Waals surface area contributed by atoms with Gasteiger partial charge in [-0.1, -0.05) is 6.92 Å². The molecule has 1 aliphatic rings. The molecule has 11 heteroatoms. The van der Waals surface area contributed by atoms with E-state index in [-0.39, 0.29) is 41.8 Å². The maximum Gasteiger partial charge on any atom is 0.229 e. The molecule has 9 nitrogen and oxygen atoms in total. The van der Waals surface area contributed by atoms with E-state index in [9.17, 15) is 0 Å². The van der Waals surface area contributed by atoms with Crippen LogP contribution in [-0.4, -0.2) is 44.9 Å². The zero-order valence-corrected chi connectivity index (χ0v) is 23.1. The van der Waals surface area contributed by atoms with Crippen LogP contribution in [0.4, 0.5) is 20.4 Å². The van der Waals surface area contributed by atoms with Gasteiger partial charge < -0.3 is 20.5 Å². The van der Waals surface area contributed by atoms with E-state index in [0.717, 1.165) is 17.7 Å². The number of hydrogen-bond donors (Lipinski definition) is 2. The van der Waals surface area contributed by atoms with E-state index in [1.807, 2.05) is 13.0 Å². The highest BCUT2D eigenvalue weighted by Crippen LogP contribution is 2.40. The number of nitrogens with one attached hydrogen (secondary N) is 1. The maximum atomic E-state index is 15.0. The molecule has 4 unspecified atom stereocenters. The lowest BCUT2D eigenvalue weighted by Crippen LogP contribution is -2.46. The number of nitrogens with two attached hydrogens (primary N) is 1. The van der Waals surface area contributed by atoms with E-state index in [2.05, 4.69) is 33.4 Å². The van der Waals surface area contributed by atoms with E-state index in [1.54, 1.807) is 30.7 Å². The summed E-state index contributed by atoms with van der Waals surface area (Å²) in [7, 11) is 0. The van der Waals surface area contributed by atoms with Crippen LogP contribution in [0.3, 0.4) is 0 Å². The summed E-state index contributed by atoms with van der Waals surface area (Å²) in [5.74, 6) is -0.698. The Morgan fingerprint density at radius 3 is 2.71 bits per heavy atom. The third-order valence-corrected chi connectivity index (χ3v) is 7.48. The summed E-state index contributed by atoms with van der Waals surface area (Å²) in [4.78, 5) is 8.78. The average Bonchev–Trinajstić information content (AvgIpc) is 3.35. The number of rotatable bonds is 10. The molecule has 0 saturated heterocycles. The lowest BCUT2D eigenvalue weighted by molar-refractivity contribution is -0.0198. The van der Waals surface area contributed by atoms with Crippen molar-refractivity contribution in [1.29, 1.82) is 5.26 Å². The SMILES string of the molecule is CCOCc1cc(F)c(-c2ccc3cnc(Nc4cnccc4C4CC(C)C(OCCC#N)C(N)C4)n3n2)c(F)c1. The number of fused-ring (bicyclic) bond motifs is 1. The first-order valence-electron chi connectivity index (χ1n) is 13.8. The Morgan fingerprint density at radius 2 is 1.98 bits per heavy atom. The summed E-state index contributed by atoms with van der Waals surface area (Å²) in [6, 6.07) is 9.71. The molecule has 4 atom stereocenters. The topological polar surface area (TPSA) is 123 Å². The summed E-state index contributed by atoms with van der Waals surface area (Å²) >= 11 is 0. The predicted octanol–water partition coefficient (Wildman–Crippen LogP) is 5.49. The van der Waals surface area contributed by atoms with Gasteiger partial charge in [-0.25, -0.2) is 13.8 Å². The number of pyridine rings is 1. The Hall–Kier alpha value is -3.98. The summed E-state index contributed by atoms with van der Waals surface area (Å²) in [5.41, 5.74) is 9.30. The fourth-order valence-corrected chi connectivity index (χ4v) is 5.61. The van der Waals surface area contributed by atoms with Gasteiger partial charge in [0.25, 0.3) is 0 Å². The quantitative estimate of drug-likeness (QED) is 0.244. The second kappa shape index (κ2) is 12.7. The van der Waals surface area contributed by atoms with E-state index in [0.29, 0.717) is 43.1 Å². The smallest absolute Gasteiger partial charge is 0.229 e. The average molecular weight is 562 g/mol. The van der Waals surface area contributed by atoms with Crippen LogP contribution in [0.25, 0.3) is 16.8 Å². The molecule has 0 bridgehead atoms. The molecule has 1 saturated carbocycles. The molecular weight excluding hydrogens is 528 g/mol. The first-order chi connectivity index (χ1) is 19.9. The fourth-order valence-electron chi connectivity index (χ4n) is 5.61. The molecule has 3 heterocycles. The van der Waals surface area contributed by atoms with Crippen molar-refractivity contribution in [2.24, 2.45) is 11.7 Å². The van der Waals surface area contributed by atoms with Gasteiger partial charge in [0, 0.05) is 18.8 Å². The summed E-state index contributed by atoms with van der Waals surface area (Å²) in [6.45, 7) is 4.88. The minimum atomic E-state index is -0.714. The van der Waals surface area contributed by atoms with Crippen molar-refractivity contribution in [1.82, 2.24) is 19.6 Å². The zero-order chi connectivity index (χ0) is 28.9. The first kappa shape index (κ1) is 28.5. The van der Waals surface area contributed by atoms with Crippen molar-refractivity contribution in [3.8, 4) is 17.3 Å². The molecule has 0 amide bonds. The number of nitriles is 1. The molecule has 214 valence electrons. The molecule has 3 N–H and O–H groups in total. The largest absolute Gasteiger partial charge is 0.377 e. The van der Waals surface area contributed by atoms with E-state index in [4.69, 9.17) is 20.5 Å². The van der Waals surface area contributed by atoms with Gasteiger partial charge in [0.15, 0.2) is 0 Å². The molecule has 4 aromatic rings. The third kappa shape index (κ3) is 6.20. The van der Waals surface area contributed by atoms with Gasteiger partial charge in [-0.05, 0) is 73.1 Å². The highest BCUT2D eigenvalue weighted by molar-refractivity contribution is 5.66. The van der Waals surface area contributed by atoms with Crippen molar-refractivity contribution in [2.75, 3.05) is 18.5 Å². The summed E-state index contributed by atoms with van der Waals surface area (Å²) < 4.78 is 42.8. The highest BCUT2D eigenvalue weighted by atomic mass is 19.1. The monoisotopic (exact) mass is 561 g/mol. The van der Waals surface area contributed by atoms with Crippen molar-refractivity contribution >= 4 is 17.2 Å². The number of aromatic nitrogens is 4. The van der Waals surface area contributed by atoms with E-state index < -0.39 is 11.6 Å². The molecule has 3 aromatic heterocycles. The Kier molecular flexibility index (Phi) is 8.83. The second-order valence-corrected chi connectivity index (χ2v) is 10.3. The number of halogens is 2. The van der Waals surface area contributed by atoms with Crippen LogP contribution in [0.2, 0.25) is 0 Å². The highest BCUT2D eigenvalue weighted by Gasteiger charge is 2.35. The zero-order valence-electron chi connectivity index (χ0n) is 23.1. The Labute approximate surface area is 237 Å². The van der Waals surface area contributed by atoms with Crippen LogP contribution in [0.5, 0.6) is 0 Å². The third-order valence-electron chi connectivity index (χ3n) is 7.48. The number of benzene rings is 1. The number of hydrogen-bond acceptors (Lipinski definition) is 8. The van der Waals surface area contributed by atoms with Gasteiger partial charge in [-0.15, -0.1) is 0 Å². The normalized spacial score (nSPS) is 20.7. The first-order valence-corrected chi connectivity index (χ1v) is 13.8. The number of imidazole rings is 1. The van der Waals surface area contributed by atoms with E-state index in [1.165, 1.54) is 16.6 Å². The van der Waals surface area contributed by atoms with Gasteiger partial charge in [-0.2, -0.15) is 14.9 Å². The number of ether oxygens (including phenoxy) is 2. The van der Waals surface area contributed by atoms with Gasteiger partial charge in [0.05, 0.1) is 66.7 Å².